The Bertz CT molecular complexity index is 130. The Kier molecular flexibility index (Phi) is 6.45. The van der Waals surface area contributed by atoms with Crippen molar-refractivity contribution in [1.82, 2.24) is 5.48 Å². The number of hydroxylamine groups is 1. The van der Waals surface area contributed by atoms with Crippen LogP contribution in [0.1, 0.15) is 6.92 Å². The molecule has 0 saturated carbocycles. The Morgan fingerprint density at radius 3 is 2.92 bits per heavy atom. The number of ether oxygens (including phenoxy) is 1. The van der Waals surface area contributed by atoms with Gasteiger partial charge >= 0.3 is 0 Å². The first kappa shape index (κ1) is 11.2. The van der Waals surface area contributed by atoms with Crippen LogP contribution in [0.4, 0.5) is 0 Å². The summed E-state index contributed by atoms with van der Waals surface area (Å²) in [4.78, 5) is 4.80. The Balaban J connectivity index is 3.24. The lowest BCUT2D eigenvalue weighted by Crippen LogP contribution is -2.29. The minimum atomic E-state index is -0.660. The van der Waals surface area contributed by atoms with E-state index in [-0.39, 0.29) is 13.2 Å². The maximum absolute atomic E-state index is 8.94. The Morgan fingerprint density at radius 2 is 2.42 bits per heavy atom. The minimum absolute atomic E-state index is 0.114. The van der Waals surface area contributed by atoms with Crippen LogP contribution in [0.15, 0.2) is 12.5 Å². The largest absolute Gasteiger partial charge is 0.478 e. The third kappa shape index (κ3) is 5.96. The third-order valence-corrected chi connectivity index (χ3v) is 1.05. The highest BCUT2D eigenvalue weighted by Gasteiger charge is 2.00. The monoisotopic (exact) mass is 176 g/mol. The molecule has 0 aliphatic rings. The molecule has 0 aliphatic heterocycles. The van der Waals surface area contributed by atoms with Crippen LogP contribution in [0.25, 0.3) is 0 Å². The highest BCUT2D eigenvalue weighted by atomic mass is 16.7. The van der Waals surface area contributed by atoms with Gasteiger partial charge in [0.2, 0.25) is 5.88 Å². The molecule has 5 nitrogen and oxygen atoms in total. The lowest BCUT2D eigenvalue weighted by Gasteiger charge is -2.11. The van der Waals surface area contributed by atoms with E-state index in [1.165, 1.54) is 0 Å². The summed E-state index contributed by atoms with van der Waals surface area (Å²) in [6.07, 6.45) is -0.660. The maximum atomic E-state index is 8.94. The van der Waals surface area contributed by atoms with E-state index < -0.39 is 6.10 Å². The number of nitrogens with one attached hydrogen (secondary N) is 1. The molecule has 0 saturated heterocycles. The smallest absolute Gasteiger partial charge is 0.203 e. The Hall–Kier alpha value is -0.780. The average Bonchev–Trinajstić information content (AvgIpc) is 2.04. The molecule has 12 heavy (non-hydrogen) atoms. The van der Waals surface area contributed by atoms with Gasteiger partial charge in [-0.3, -0.25) is 4.84 Å². The van der Waals surface area contributed by atoms with Crippen LogP contribution < -0.4 is 11.2 Å². The molecule has 1 atom stereocenters. The predicted molar refractivity (Wildman–Crippen MR) is 44.9 cm³/mol. The van der Waals surface area contributed by atoms with Gasteiger partial charge in [0.25, 0.3) is 0 Å². The number of aliphatic hydroxyl groups excluding tert-OH is 1. The van der Waals surface area contributed by atoms with Crippen molar-refractivity contribution in [1.29, 1.82) is 0 Å². The molecule has 0 rings (SSSR count). The van der Waals surface area contributed by atoms with Crippen LogP contribution in [0.5, 0.6) is 0 Å². The van der Waals surface area contributed by atoms with Crippen molar-refractivity contribution in [2.24, 2.45) is 5.73 Å². The van der Waals surface area contributed by atoms with Gasteiger partial charge in [-0.25, -0.2) is 5.48 Å². The molecule has 5 heteroatoms. The first-order chi connectivity index (χ1) is 5.70. The summed E-state index contributed by atoms with van der Waals surface area (Å²) in [5.74, 6) is 0.321. The molecule has 72 valence electrons. The van der Waals surface area contributed by atoms with E-state index in [2.05, 4.69) is 12.1 Å². The molecule has 0 aliphatic carbocycles. The fourth-order valence-electron chi connectivity index (χ4n) is 0.490. The lowest BCUT2D eigenvalue weighted by atomic mass is 10.4. The standard InChI is InChI=1S/C7H16N2O3/c1-3-11-6(2)9-12-5-7(10)4-8/h7,9-10H,2-5,8H2,1H3/t7-/m0/s1. The summed E-state index contributed by atoms with van der Waals surface area (Å²) < 4.78 is 4.91. The van der Waals surface area contributed by atoms with Gasteiger partial charge in [-0.2, -0.15) is 0 Å². The summed E-state index contributed by atoms with van der Waals surface area (Å²) in [5, 5.41) is 8.94. The van der Waals surface area contributed by atoms with E-state index in [4.69, 9.17) is 20.4 Å². The van der Waals surface area contributed by atoms with Crippen molar-refractivity contribution in [3.63, 3.8) is 0 Å². The number of nitrogens with two attached hydrogens (primary N) is 1. The van der Waals surface area contributed by atoms with Crippen molar-refractivity contribution < 1.29 is 14.7 Å². The molecule has 0 amide bonds. The number of hydrogen-bond donors (Lipinski definition) is 3. The van der Waals surface area contributed by atoms with E-state index in [9.17, 15) is 0 Å². The van der Waals surface area contributed by atoms with Gasteiger partial charge in [-0.05, 0) is 13.5 Å². The number of rotatable bonds is 7. The molecule has 4 N–H and O–H groups in total. The van der Waals surface area contributed by atoms with Gasteiger partial charge in [-0.15, -0.1) is 0 Å². The van der Waals surface area contributed by atoms with E-state index in [1.807, 2.05) is 6.92 Å². The van der Waals surface area contributed by atoms with Crippen LogP contribution in [0.2, 0.25) is 0 Å². The summed E-state index contributed by atoms with van der Waals surface area (Å²) >= 11 is 0. The van der Waals surface area contributed by atoms with Gasteiger partial charge in [0.05, 0.1) is 12.7 Å². The molecule has 0 spiro atoms. The lowest BCUT2D eigenvalue weighted by molar-refractivity contribution is -0.0272. The van der Waals surface area contributed by atoms with Gasteiger partial charge in [0, 0.05) is 6.54 Å². The normalized spacial score (nSPS) is 12.2. The van der Waals surface area contributed by atoms with Crippen molar-refractivity contribution >= 4 is 0 Å². The predicted octanol–water partition coefficient (Wildman–Crippen LogP) is -0.665. The molecule has 0 fully saturated rings. The minimum Gasteiger partial charge on any atom is -0.478 e. The zero-order chi connectivity index (χ0) is 9.40. The molecule has 0 aromatic heterocycles. The van der Waals surface area contributed by atoms with Crippen LogP contribution in [-0.4, -0.2) is 31.0 Å². The van der Waals surface area contributed by atoms with Crippen molar-refractivity contribution in [3.05, 3.63) is 12.5 Å². The van der Waals surface area contributed by atoms with Crippen molar-refractivity contribution in [2.75, 3.05) is 19.8 Å². The van der Waals surface area contributed by atoms with Gasteiger partial charge in [0.1, 0.15) is 6.61 Å². The quantitative estimate of drug-likeness (QED) is 0.354. The highest BCUT2D eigenvalue weighted by Crippen LogP contribution is 1.87. The molecular formula is C7H16N2O3. The summed E-state index contributed by atoms with van der Waals surface area (Å²) in [7, 11) is 0. The summed E-state index contributed by atoms with van der Waals surface area (Å²) in [6.45, 7) is 6.14. The number of hydrogen-bond acceptors (Lipinski definition) is 5. The second kappa shape index (κ2) is 6.90. The zero-order valence-electron chi connectivity index (χ0n) is 7.25. The first-order valence-corrected chi connectivity index (χ1v) is 3.78. The van der Waals surface area contributed by atoms with E-state index in [0.717, 1.165) is 0 Å². The van der Waals surface area contributed by atoms with Gasteiger partial charge in [0.15, 0.2) is 0 Å². The van der Waals surface area contributed by atoms with E-state index in [1.54, 1.807) is 0 Å². The summed E-state index contributed by atoms with van der Waals surface area (Å²) in [5.41, 5.74) is 7.55. The van der Waals surface area contributed by atoms with Crippen LogP contribution in [-0.2, 0) is 9.57 Å². The summed E-state index contributed by atoms with van der Waals surface area (Å²) in [6, 6.07) is 0. The average molecular weight is 176 g/mol. The molecule has 0 bridgehead atoms. The fourth-order valence-corrected chi connectivity index (χ4v) is 0.490. The number of aliphatic hydroxyl groups is 1. The SMILES string of the molecule is C=C(NOC[C@@H](O)CN)OCC. The molecule has 0 aromatic rings. The second-order valence-corrected chi connectivity index (χ2v) is 2.16. The molecule has 0 unspecified atom stereocenters. The molecule has 0 heterocycles. The highest BCUT2D eigenvalue weighted by molar-refractivity contribution is 4.73. The maximum Gasteiger partial charge on any atom is 0.203 e. The van der Waals surface area contributed by atoms with Crippen LogP contribution in [0.3, 0.4) is 0 Å². The third-order valence-electron chi connectivity index (χ3n) is 1.05. The van der Waals surface area contributed by atoms with Gasteiger partial charge in [-0.1, -0.05) is 0 Å². The van der Waals surface area contributed by atoms with Crippen LogP contribution in [0, 0.1) is 0 Å². The van der Waals surface area contributed by atoms with Crippen molar-refractivity contribution in [3.8, 4) is 0 Å². The zero-order valence-corrected chi connectivity index (χ0v) is 7.25. The van der Waals surface area contributed by atoms with Crippen molar-refractivity contribution in [2.45, 2.75) is 13.0 Å². The van der Waals surface area contributed by atoms with Crippen LogP contribution >= 0.6 is 0 Å². The fraction of sp³-hybridized carbons (Fsp3) is 0.714. The first-order valence-electron chi connectivity index (χ1n) is 3.78. The Labute approximate surface area is 72.1 Å². The molecule has 0 radical (unpaired) electrons. The second-order valence-electron chi connectivity index (χ2n) is 2.16. The molecular weight excluding hydrogens is 160 g/mol. The van der Waals surface area contributed by atoms with Gasteiger partial charge < -0.3 is 15.6 Å². The molecule has 0 aromatic carbocycles. The van der Waals surface area contributed by atoms with E-state index >= 15 is 0 Å². The topological polar surface area (TPSA) is 76.7 Å². The Morgan fingerprint density at radius 1 is 1.75 bits per heavy atom. The van der Waals surface area contributed by atoms with E-state index in [0.29, 0.717) is 12.5 Å².